The summed E-state index contributed by atoms with van der Waals surface area (Å²) in [6, 6.07) is 0. The molecule has 0 spiro atoms. The van der Waals surface area contributed by atoms with E-state index >= 15 is 0 Å². The number of piperidine rings is 1. The summed E-state index contributed by atoms with van der Waals surface area (Å²) in [6.07, 6.45) is 6.69. The van der Waals surface area contributed by atoms with Gasteiger partial charge in [-0.3, -0.25) is 4.90 Å². The summed E-state index contributed by atoms with van der Waals surface area (Å²) in [5.74, 6) is 0. The van der Waals surface area contributed by atoms with Crippen LogP contribution in [0.3, 0.4) is 0 Å². The molecule has 0 N–H and O–H groups in total. The molecular formula is C11H21NO. The van der Waals surface area contributed by atoms with Crippen molar-refractivity contribution in [1.82, 2.24) is 4.90 Å². The number of ether oxygens (including phenoxy) is 1. The third-order valence-corrected chi connectivity index (χ3v) is 3.69. The molecule has 76 valence electrons. The Morgan fingerprint density at radius 3 is 2.23 bits per heavy atom. The Morgan fingerprint density at radius 2 is 1.62 bits per heavy atom. The molecule has 2 saturated heterocycles. The molecule has 2 fully saturated rings. The van der Waals surface area contributed by atoms with Crippen LogP contribution in [0, 0.1) is 0 Å². The van der Waals surface area contributed by atoms with Crippen LogP contribution in [-0.4, -0.2) is 36.7 Å². The van der Waals surface area contributed by atoms with Crippen molar-refractivity contribution in [3.63, 3.8) is 0 Å². The van der Waals surface area contributed by atoms with Crippen molar-refractivity contribution >= 4 is 0 Å². The van der Waals surface area contributed by atoms with Crippen LogP contribution in [0.5, 0.6) is 0 Å². The second kappa shape index (κ2) is 3.97. The lowest BCUT2D eigenvalue weighted by atomic mass is 9.88. The maximum atomic E-state index is 5.43. The second-order valence-corrected chi connectivity index (χ2v) is 4.66. The van der Waals surface area contributed by atoms with E-state index in [2.05, 4.69) is 11.8 Å². The number of nitrogens with zero attached hydrogens (tertiary/aromatic N) is 1. The van der Waals surface area contributed by atoms with Crippen molar-refractivity contribution in [2.75, 3.05) is 26.3 Å². The molecule has 2 rings (SSSR count). The molecule has 0 aromatic rings. The Hall–Kier alpha value is -0.0800. The highest BCUT2D eigenvalue weighted by atomic mass is 16.5. The number of rotatable bonds is 1. The van der Waals surface area contributed by atoms with Crippen LogP contribution >= 0.6 is 0 Å². The molecule has 0 aliphatic carbocycles. The summed E-state index contributed by atoms with van der Waals surface area (Å²) < 4.78 is 5.43. The molecule has 2 aliphatic heterocycles. The molecule has 2 aliphatic rings. The Kier molecular flexibility index (Phi) is 2.89. The lowest BCUT2D eigenvalue weighted by Crippen LogP contribution is -2.51. The van der Waals surface area contributed by atoms with Gasteiger partial charge in [0.15, 0.2) is 0 Å². The van der Waals surface area contributed by atoms with Crippen LogP contribution in [0.4, 0.5) is 0 Å². The summed E-state index contributed by atoms with van der Waals surface area (Å²) in [7, 11) is 0. The molecule has 13 heavy (non-hydrogen) atoms. The molecule has 0 bridgehead atoms. The Morgan fingerprint density at radius 1 is 1.00 bits per heavy atom. The zero-order valence-electron chi connectivity index (χ0n) is 8.72. The van der Waals surface area contributed by atoms with Crippen molar-refractivity contribution in [3.8, 4) is 0 Å². The smallest absolute Gasteiger partial charge is 0.0483 e. The zero-order chi connectivity index (χ0) is 9.15. The minimum Gasteiger partial charge on any atom is -0.381 e. The van der Waals surface area contributed by atoms with Crippen LogP contribution in [0.25, 0.3) is 0 Å². The maximum absolute atomic E-state index is 5.43. The summed E-state index contributed by atoms with van der Waals surface area (Å²) in [5.41, 5.74) is 0.457. The van der Waals surface area contributed by atoms with E-state index in [1.165, 1.54) is 45.2 Å². The third kappa shape index (κ3) is 2.05. The topological polar surface area (TPSA) is 12.5 Å². The number of likely N-dealkylation sites (tertiary alicyclic amines) is 1. The van der Waals surface area contributed by atoms with Gasteiger partial charge in [-0.05, 0) is 45.7 Å². The minimum atomic E-state index is 0.457. The van der Waals surface area contributed by atoms with Gasteiger partial charge in [0.25, 0.3) is 0 Å². The zero-order valence-corrected chi connectivity index (χ0v) is 8.72. The van der Waals surface area contributed by atoms with Gasteiger partial charge in [0, 0.05) is 18.8 Å². The van der Waals surface area contributed by atoms with Gasteiger partial charge in [-0.2, -0.15) is 0 Å². The number of hydrogen-bond acceptors (Lipinski definition) is 2. The van der Waals surface area contributed by atoms with Crippen LogP contribution < -0.4 is 0 Å². The highest BCUT2D eigenvalue weighted by Gasteiger charge is 2.33. The van der Waals surface area contributed by atoms with Crippen molar-refractivity contribution in [1.29, 1.82) is 0 Å². The first-order chi connectivity index (χ1) is 6.31. The van der Waals surface area contributed by atoms with E-state index in [0.717, 1.165) is 13.2 Å². The van der Waals surface area contributed by atoms with Gasteiger partial charge < -0.3 is 4.74 Å². The molecule has 0 unspecified atom stereocenters. The molecule has 2 heteroatoms. The average molecular weight is 183 g/mol. The lowest BCUT2D eigenvalue weighted by Gasteiger charge is -2.45. The highest BCUT2D eigenvalue weighted by molar-refractivity contribution is 4.89. The molecule has 0 saturated carbocycles. The lowest BCUT2D eigenvalue weighted by molar-refractivity contribution is -0.0262. The standard InChI is InChI=1S/C11H21NO/c1-11(5-9-13-10-6-11)12-7-3-2-4-8-12/h2-10H2,1H3. The van der Waals surface area contributed by atoms with Gasteiger partial charge in [0.2, 0.25) is 0 Å². The van der Waals surface area contributed by atoms with E-state index in [-0.39, 0.29) is 0 Å². The Balaban J connectivity index is 1.94. The van der Waals surface area contributed by atoms with Gasteiger partial charge in [0.05, 0.1) is 0 Å². The van der Waals surface area contributed by atoms with Gasteiger partial charge in [-0.15, -0.1) is 0 Å². The first-order valence-corrected chi connectivity index (χ1v) is 5.64. The summed E-state index contributed by atoms with van der Waals surface area (Å²) in [4.78, 5) is 2.69. The van der Waals surface area contributed by atoms with Crippen molar-refractivity contribution in [2.45, 2.75) is 44.6 Å². The van der Waals surface area contributed by atoms with E-state index in [4.69, 9.17) is 4.74 Å². The van der Waals surface area contributed by atoms with Crippen LogP contribution in [0.2, 0.25) is 0 Å². The average Bonchev–Trinajstić information content (AvgIpc) is 2.20. The number of hydrogen-bond donors (Lipinski definition) is 0. The van der Waals surface area contributed by atoms with E-state index in [1.807, 2.05) is 0 Å². The molecule has 0 amide bonds. The molecule has 2 heterocycles. The molecule has 0 atom stereocenters. The van der Waals surface area contributed by atoms with Crippen LogP contribution in [0.15, 0.2) is 0 Å². The summed E-state index contributed by atoms with van der Waals surface area (Å²) in [5, 5.41) is 0. The minimum absolute atomic E-state index is 0.457. The first-order valence-electron chi connectivity index (χ1n) is 5.64. The Bertz CT molecular complexity index is 157. The molecular weight excluding hydrogens is 162 g/mol. The van der Waals surface area contributed by atoms with Gasteiger partial charge in [0.1, 0.15) is 0 Å². The quantitative estimate of drug-likeness (QED) is 0.617. The largest absolute Gasteiger partial charge is 0.381 e. The molecule has 0 aromatic carbocycles. The fraction of sp³-hybridized carbons (Fsp3) is 1.00. The fourth-order valence-corrected chi connectivity index (χ4v) is 2.56. The van der Waals surface area contributed by atoms with E-state index < -0.39 is 0 Å². The molecule has 0 radical (unpaired) electrons. The van der Waals surface area contributed by atoms with Gasteiger partial charge in [-0.1, -0.05) is 6.42 Å². The SMILES string of the molecule is CC1(N2CCCCC2)CCOCC1. The van der Waals surface area contributed by atoms with Crippen molar-refractivity contribution in [2.24, 2.45) is 0 Å². The van der Waals surface area contributed by atoms with Crippen molar-refractivity contribution < 1.29 is 4.74 Å². The van der Waals surface area contributed by atoms with Crippen LogP contribution in [0.1, 0.15) is 39.0 Å². The van der Waals surface area contributed by atoms with Crippen molar-refractivity contribution in [3.05, 3.63) is 0 Å². The third-order valence-electron chi connectivity index (χ3n) is 3.69. The van der Waals surface area contributed by atoms with Gasteiger partial charge >= 0.3 is 0 Å². The monoisotopic (exact) mass is 183 g/mol. The van der Waals surface area contributed by atoms with Gasteiger partial charge in [-0.25, -0.2) is 0 Å². The normalized spacial score (nSPS) is 30.2. The van der Waals surface area contributed by atoms with Crippen LogP contribution in [-0.2, 0) is 4.74 Å². The highest BCUT2D eigenvalue weighted by Crippen LogP contribution is 2.29. The Labute approximate surface area is 81.3 Å². The van der Waals surface area contributed by atoms with E-state index in [0.29, 0.717) is 5.54 Å². The fourth-order valence-electron chi connectivity index (χ4n) is 2.56. The molecule has 0 aromatic heterocycles. The summed E-state index contributed by atoms with van der Waals surface area (Å²) >= 11 is 0. The van der Waals surface area contributed by atoms with E-state index in [1.54, 1.807) is 0 Å². The second-order valence-electron chi connectivity index (χ2n) is 4.66. The predicted octanol–water partition coefficient (Wildman–Crippen LogP) is 2.04. The first kappa shape index (κ1) is 9.47. The predicted molar refractivity (Wildman–Crippen MR) is 53.9 cm³/mol. The summed E-state index contributed by atoms with van der Waals surface area (Å²) in [6.45, 7) is 6.98. The maximum Gasteiger partial charge on any atom is 0.0483 e. The molecule has 2 nitrogen and oxygen atoms in total. The van der Waals surface area contributed by atoms with E-state index in [9.17, 15) is 0 Å².